The van der Waals surface area contributed by atoms with E-state index in [1.54, 1.807) is 0 Å². The molecule has 0 aromatic rings. The van der Waals surface area contributed by atoms with E-state index in [1.165, 1.54) is 0 Å². The Morgan fingerprint density at radius 3 is 2.63 bits per heavy atom. The van der Waals surface area contributed by atoms with Crippen molar-refractivity contribution in [1.29, 1.82) is 0 Å². The molecule has 3 amide bonds. The van der Waals surface area contributed by atoms with Crippen LogP contribution in [0.4, 0.5) is 4.79 Å². The first kappa shape index (κ1) is 15.8. The molecule has 0 spiro atoms. The van der Waals surface area contributed by atoms with Crippen molar-refractivity contribution in [2.24, 2.45) is 5.73 Å². The Bertz CT molecular complexity index is 322. The topological polar surface area (TPSA) is 78.7 Å². The normalized spacial score (nSPS) is 22.1. The van der Waals surface area contributed by atoms with E-state index in [1.807, 2.05) is 11.8 Å². The number of hydrogen-bond donors (Lipinski definition) is 2. The van der Waals surface area contributed by atoms with Crippen molar-refractivity contribution in [3.8, 4) is 0 Å². The van der Waals surface area contributed by atoms with Gasteiger partial charge in [0, 0.05) is 25.7 Å². The number of hydrogen-bond acceptors (Lipinski definition) is 3. The van der Waals surface area contributed by atoms with Crippen molar-refractivity contribution in [2.75, 3.05) is 26.7 Å². The Morgan fingerprint density at radius 1 is 1.42 bits per heavy atom. The molecule has 110 valence electrons. The summed E-state index contributed by atoms with van der Waals surface area (Å²) in [5.74, 6) is -0.00662. The van der Waals surface area contributed by atoms with E-state index in [-0.39, 0.29) is 11.9 Å². The van der Waals surface area contributed by atoms with Crippen molar-refractivity contribution >= 4 is 11.9 Å². The zero-order chi connectivity index (χ0) is 14.4. The number of unbranched alkanes of at least 4 members (excludes halogenated alkanes) is 1. The Kier molecular flexibility index (Phi) is 6.08. The molecule has 0 aromatic heterocycles. The predicted octanol–water partition coefficient (Wildman–Crippen LogP) is 0.376. The first-order valence-electron chi connectivity index (χ1n) is 7.00. The van der Waals surface area contributed by atoms with Crippen molar-refractivity contribution < 1.29 is 9.59 Å². The van der Waals surface area contributed by atoms with E-state index in [9.17, 15) is 9.59 Å². The molecule has 1 rings (SSSR count). The number of nitrogens with two attached hydrogens (primary N) is 1. The number of rotatable bonds is 5. The molecule has 1 aliphatic heterocycles. The summed E-state index contributed by atoms with van der Waals surface area (Å²) in [6.45, 7) is 6.54. The van der Waals surface area contributed by atoms with Crippen LogP contribution in [0.5, 0.6) is 0 Å². The van der Waals surface area contributed by atoms with Gasteiger partial charge >= 0.3 is 6.03 Å². The predicted molar refractivity (Wildman–Crippen MR) is 74.7 cm³/mol. The summed E-state index contributed by atoms with van der Waals surface area (Å²) in [5.41, 5.74) is 5.16. The number of nitrogens with zero attached hydrogens (tertiary/aromatic N) is 2. The summed E-state index contributed by atoms with van der Waals surface area (Å²) in [6, 6.07) is -0.940. The molecule has 0 saturated carbocycles. The lowest BCUT2D eigenvalue weighted by Gasteiger charge is -2.39. The van der Waals surface area contributed by atoms with Crippen molar-refractivity contribution in [1.82, 2.24) is 15.1 Å². The molecule has 0 bridgehead atoms. The minimum absolute atomic E-state index is 0.00662. The highest BCUT2D eigenvalue weighted by molar-refractivity contribution is 5.86. The third-order valence-corrected chi connectivity index (χ3v) is 3.57. The number of likely N-dealkylation sites (N-methyl/N-ethyl adjacent to an activating group) is 1. The lowest BCUT2D eigenvalue weighted by molar-refractivity contribution is -0.137. The van der Waals surface area contributed by atoms with Crippen LogP contribution in [0.1, 0.15) is 33.1 Å². The molecule has 0 aliphatic carbocycles. The van der Waals surface area contributed by atoms with Crippen molar-refractivity contribution in [3.63, 3.8) is 0 Å². The summed E-state index contributed by atoms with van der Waals surface area (Å²) in [6.07, 6.45) is 2.54. The Balaban J connectivity index is 2.66. The smallest absolute Gasteiger partial charge is 0.312 e. The summed E-state index contributed by atoms with van der Waals surface area (Å²) >= 11 is 0. The first-order chi connectivity index (χ1) is 8.95. The second-order valence-corrected chi connectivity index (χ2v) is 5.35. The van der Waals surface area contributed by atoms with Crippen LogP contribution in [0.2, 0.25) is 0 Å². The summed E-state index contributed by atoms with van der Waals surface area (Å²) in [7, 11) is 2.05. The highest BCUT2D eigenvalue weighted by Crippen LogP contribution is 2.12. The van der Waals surface area contributed by atoms with Crippen LogP contribution in [-0.2, 0) is 4.79 Å². The minimum atomic E-state index is -0.628. The van der Waals surface area contributed by atoms with E-state index < -0.39 is 12.1 Å². The first-order valence-corrected chi connectivity index (χ1v) is 7.00. The summed E-state index contributed by atoms with van der Waals surface area (Å²) in [5, 5.41) is 2.58. The fraction of sp³-hybridized carbons (Fsp3) is 0.846. The summed E-state index contributed by atoms with van der Waals surface area (Å²) < 4.78 is 0. The van der Waals surface area contributed by atoms with Gasteiger partial charge in [0.15, 0.2) is 0 Å². The lowest BCUT2D eigenvalue weighted by Crippen LogP contribution is -2.58. The van der Waals surface area contributed by atoms with Gasteiger partial charge in [0.05, 0.1) is 0 Å². The second kappa shape index (κ2) is 7.33. The number of primary amides is 1. The fourth-order valence-electron chi connectivity index (χ4n) is 2.50. The van der Waals surface area contributed by atoms with E-state index in [0.717, 1.165) is 25.9 Å². The second-order valence-electron chi connectivity index (χ2n) is 5.35. The van der Waals surface area contributed by atoms with Gasteiger partial charge in [-0.15, -0.1) is 0 Å². The van der Waals surface area contributed by atoms with E-state index in [2.05, 4.69) is 24.2 Å². The molecule has 6 heteroatoms. The quantitative estimate of drug-likeness (QED) is 0.758. The van der Waals surface area contributed by atoms with Crippen LogP contribution < -0.4 is 11.1 Å². The largest absolute Gasteiger partial charge is 0.352 e. The molecular weight excluding hydrogens is 244 g/mol. The maximum absolute atomic E-state index is 12.5. The van der Waals surface area contributed by atoms with Gasteiger partial charge in [-0.3, -0.25) is 4.79 Å². The molecule has 1 heterocycles. The molecule has 2 atom stereocenters. The number of carbonyl (C=O) groups excluding carboxylic acids is 2. The van der Waals surface area contributed by atoms with Gasteiger partial charge in [-0.2, -0.15) is 0 Å². The fourth-order valence-corrected chi connectivity index (χ4v) is 2.50. The maximum Gasteiger partial charge on any atom is 0.312 e. The average Bonchev–Trinajstić information content (AvgIpc) is 2.33. The average molecular weight is 270 g/mol. The van der Waals surface area contributed by atoms with Gasteiger partial charge in [0.2, 0.25) is 5.91 Å². The maximum atomic E-state index is 12.5. The standard InChI is InChI=1S/C13H26N4O2/c1-4-5-6-11(15-13(14)19)12(18)17-8-7-16(3)9-10(17)2/h10-11H,4-9H2,1-3H3,(H3,14,15,19). The molecule has 6 nitrogen and oxygen atoms in total. The van der Waals surface area contributed by atoms with Crippen LogP contribution >= 0.6 is 0 Å². The molecule has 3 N–H and O–H groups in total. The van der Waals surface area contributed by atoms with Gasteiger partial charge in [-0.25, -0.2) is 4.79 Å². The number of urea groups is 1. The van der Waals surface area contributed by atoms with E-state index >= 15 is 0 Å². The zero-order valence-corrected chi connectivity index (χ0v) is 12.2. The van der Waals surface area contributed by atoms with Gasteiger partial charge in [0.1, 0.15) is 6.04 Å². The third kappa shape index (κ3) is 4.70. The van der Waals surface area contributed by atoms with E-state index in [0.29, 0.717) is 13.0 Å². The van der Waals surface area contributed by atoms with Gasteiger partial charge in [-0.1, -0.05) is 19.8 Å². The van der Waals surface area contributed by atoms with Crippen LogP contribution in [0.15, 0.2) is 0 Å². The minimum Gasteiger partial charge on any atom is -0.352 e. The highest BCUT2D eigenvalue weighted by atomic mass is 16.2. The number of nitrogens with one attached hydrogen (secondary N) is 1. The SMILES string of the molecule is CCCCC(NC(N)=O)C(=O)N1CCN(C)CC1C. The van der Waals surface area contributed by atoms with E-state index in [4.69, 9.17) is 5.73 Å². The zero-order valence-electron chi connectivity index (χ0n) is 12.2. The van der Waals surface area contributed by atoms with Gasteiger partial charge in [-0.05, 0) is 20.4 Å². The van der Waals surface area contributed by atoms with Crippen LogP contribution in [-0.4, -0.2) is 60.5 Å². The highest BCUT2D eigenvalue weighted by Gasteiger charge is 2.30. The number of amides is 3. The molecule has 19 heavy (non-hydrogen) atoms. The van der Waals surface area contributed by atoms with Gasteiger partial charge in [0.25, 0.3) is 0 Å². The van der Waals surface area contributed by atoms with Crippen molar-refractivity contribution in [3.05, 3.63) is 0 Å². The Labute approximate surface area is 115 Å². The van der Waals surface area contributed by atoms with Crippen LogP contribution in [0.3, 0.4) is 0 Å². The van der Waals surface area contributed by atoms with Crippen LogP contribution in [0, 0.1) is 0 Å². The Morgan fingerprint density at radius 2 is 2.11 bits per heavy atom. The molecule has 1 saturated heterocycles. The molecular formula is C13H26N4O2. The number of piperazine rings is 1. The molecule has 1 fully saturated rings. The van der Waals surface area contributed by atoms with Gasteiger partial charge < -0.3 is 20.9 Å². The molecule has 2 unspecified atom stereocenters. The lowest BCUT2D eigenvalue weighted by atomic mass is 10.1. The Hall–Kier alpha value is -1.30. The molecule has 0 aromatic carbocycles. The summed E-state index contributed by atoms with van der Waals surface area (Å²) in [4.78, 5) is 27.6. The number of carbonyl (C=O) groups is 2. The third-order valence-electron chi connectivity index (χ3n) is 3.57. The molecule has 1 aliphatic rings. The van der Waals surface area contributed by atoms with Crippen LogP contribution in [0.25, 0.3) is 0 Å². The monoisotopic (exact) mass is 270 g/mol. The molecule has 0 radical (unpaired) electrons. The van der Waals surface area contributed by atoms with Crippen molar-refractivity contribution in [2.45, 2.75) is 45.2 Å².